The van der Waals surface area contributed by atoms with Crippen LogP contribution in [0.4, 0.5) is 0 Å². The molecule has 0 unspecified atom stereocenters. The van der Waals surface area contributed by atoms with Crippen molar-refractivity contribution in [2.75, 3.05) is 7.11 Å². The number of hydrogen-bond donors (Lipinski definition) is 1. The molecule has 0 amide bonds. The lowest BCUT2D eigenvalue weighted by Crippen LogP contribution is -2.19. The maximum Gasteiger partial charge on any atom is 0.123 e. The predicted octanol–water partition coefficient (Wildman–Crippen LogP) is 3.25. The van der Waals surface area contributed by atoms with Crippen molar-refractivity contribution in [3.05, 3.63) is 59.4 Å². The molecular weight excluding hydrogens is 236 g/mol. The van der Waals surface area contributed by atoms with Crippen LogP contribution in [0.2, 0.25) is 0 Å². The molecule has 3 nitrogen and oxygen atoms in total. The largest absolute Gasteiger partial charge is 0.496 e. The Bertz CT molecular complexity index is 540. The van der Waals surface area contributed by atoms with Gasteiger partial charge in [0.1, 0.15) is 5.75 Å². The molecule has 0 saturated carbocycles. The molecule has 0 spiro atoms. The quantitative estimate of drug-likeness (QED) is 0.891. The molecule has 1 heterocycles. The Hall–Kier alpha value is -1.87. The van der Waals surface area contributed by atoms with E-state index in [9.17, 15) is 0 Å². The lowest BCUT2D eigenvalue weighted by molar-refractivity contribution is 0.401. The van der Waals surface area contributed by atoms with E-state index < -0.39 is 0 Å². The number of nitrogens with zero attached hydrogens (tertiary/aromatic N) is 1. The SMILES string of the molecule is COc1ccccc1[C@H](C)NCc1cnccc1C. The Morgan fingerprint density at radius 1 is 1.26 bits per heavy atom. The van der Waals surface area contributed by atoms with Crippen molar-refractivity contribution in [1.82, 2.24) is 10.3 Å². The van der Waals surface area contributed by atoms with E-state index in [-0.39, 0.29) is 6.04 Å². The number of nitrogens with one attached hydrogen (secondary N) is 1. The fourth-order valence-electron chi connectivity index (χ4n) is 2.08. The van der Waals surface area contributed by atoms with Crippen molar-refractivity contribution in [1.29, 1.82) is 0 Å². The van der Waals surface area contributed by atoms with Gasteiger partial charge in [0.25, 0.3) is 0 Å². The standard InChI is InChI=1S/C16H20N2O/c1-12-8-9-17-10-14(12)11-18-13(2)15-6-4-5-7-16(15)19-3/h4-10,13,18H,11H2,1-3H3/t13-/m0/s1. The van der Waals surface area contributed by atoms with Crippen molar-refractivity contribution in [3.8, 4) is 5.75 Å². The Balaban J connectivity index is 2.05. The second-order valence-electron chi connectivity index (χ2n) is 4.65. The zero-order valence-corrected chi connectivity index (χ0v) is 11.7. The van der Waals surface area contributed by atoms with Crippen LogP contribution < -0.4 is 10.1 Å². The summed E-state index contributed by atoms with van der Waals surface area (Å²) >= 11 is 0. The minimum Gasteiger partial charge on any atom is -0.496 e. The fraction of sp³-hybridized carbons (Fsp3) is 0.312. The minimum atomic E-state index is 0.232. The highest BCUT2D eigenvalue weighted by Gasteiger charge is 2.10. The molecular formula is C16H20N2O. The van der Waals surface area contributed by atoms with Gasteiger partial charge in [-0.1, -0.05) is 18.2 Å². The average Bonchev–Trinajstić information content (AvgIpc) is 2.46. The van der Waals surface area contributed by atoms with Gasteiger partial charge in [-0.15, -0.1) is 0 Å². The number of benzene rings is 1. The number of hydrogen-bond acceptors (Lipinski definition) is 3. The second kappa shape index (κ2) is 6.34. The zero-order chi connectivity index (χ0) is 13.7. The third-order valence-corrected chi connectivity index (χ3v) is 3.35. The Morgan fingerprint density at radius 3 is 2.79 bits per heavy atom. The molecule has 0 radical (unpaired) electrons. The molecule has 0 aliphatic carbocycles. The molecule has 1 aromatic heterocycles. The van der Waals surface area contributed by atoms with E-state index in [2.05, 4.69) is 30.2 Å². The molecule has 0 saturated heterocycles. The molecule has 1 aromatic carbocycles. The van der Waals surface area contributed by atoms with Crippen molar-refractivity contribution in [2.45, 2.75) is 26.4 Å². The third kappa shape index (κ3) is 3.32. The lowest BCUT2D eigenvalue weighted by atomic mass is 10.1. The van der Waals surface area contributed by atoms with Crippen LogP contribution in [-0.2, 0) is 6.54 Å². The summed E-state index contributed by atoms with van der Waals surface area (Å²) in [6.45, 7) is 5.05. The molecule has 2 rings (SSSR count). The summed E-state index contributed by atoms with van der Waals surface area (Å²) in [5.41, 5.74) is 3.66. The third-order valence-electron chi connectivity index (χ3n) is 3.35. The van der Waals surface area contributed by atoms with Crippen molar-refractivity contribution in [3.63, 3.8) is 0 Å². The molecule has 0 fully saturated rings. The summed E-state index contributed by atoms with van der Waals surface area (Å²) in [4.78, 5) is 4.17. The maximum atomic E-state index is 5.39. The molecule has 1 atom stereocenters. The number of ether oxygens (including phenoxy) is 1. The van der Waals surface area contributed by atoms with Gasteiger partial charge in [-0.25, -0.2) is 0 Å². The van der Waals surface area contributed by atoms with Crippen LogP contribution >= 0.6 is 0 Å². The molecule has 0 bridgehead atoms. The summed E-state index contributed by atoms with van der Waals surface area (Å²) in [7, 11) is 1.71. The van der Waals surface area contributed by atoms with Gasteiger partial charge in [0.05, 0.1) is 7.11 Å². The lowest BCUT2D eigenvalue weighted by Gasteiger charge is -2.17. The van der Waals surface area contributed by atoms with Crippen LogP contribution in [0, 0.1) is 6.92 Å². The topological polar surface area (TPSA) is 34.1 Å². The highest BCUT2D eigenvalue weighted by Crippen LogP contribution is 2.24. The van der Waals surface area contributed by atoms with Gasteiger partial charge in [0.2, 0.25) is 0 Å². The molecule has 2 aromatic rings. The highest BCUT2D eigenvalue weighted by atomic mass is 16.5. The van der Waals surface area contributed by atoms with Gasteiger partial charge in [-0.2, -0.15) is 0 Å². The maximum absolute atomic E-state index is 5.39. The summed E-state index contributed by atoms with van der Waals surface area (Å²) in [5.74, 6) is 0.922. The van der Waals surface area contributed by atoms with Gasteiger partial charge < -0.3 is 10.1 Å². The number of para-hydroxylation sites is 1. The average molecular weight is 256 g/mol. The van der Waals surface area contributed by atoms with Crippen molar-refractivity contribution in [2.24, 2.45) is 0 Å². The number of methoxy groups -OCH3 is 1. The summed E-state index contributed by atoms with van der Waals surface area (Å²) in [6, 6.07) is 10.4. The van der Waals surface area contributed by atoms with Crippen molar-refractivity contribution >= 4 is 0 Å². The van der Waals surface area contributed by atoms with E-state index >= 15 is 0 Å². The first-order chi connectivity index (χ1) is 9.22. The van der Waals surface area contributed by atoms with Crippen LogP contribution in [0.1, 0.15) is 29.7 Å². The van der Waals surface area contributed by atoms with Crippen LogP contribution in [0.5, 0.6) is 5.75 Å². The number of pyridine rings is 1. The molecule has 3 heteroatoms. The van der Waals surface area contributed by atoms with E-state index in [0.717, 1.165) is 12.3 Å². The summed E-state index contributed by atoms with van der Waals surface area (Å²) < 4.78 is 5.39. The van der Waals surface area contributed by atoms with Gasteiger partial charge in [-0.05, 0) is 37.1 Å². The number of rotatable bonds is 5. The van der Waals surface area contributed by atoms with Crippen LogP contribution in [0.15, 0.2) is 42.7 Å². The van der Waals surface area contributed by atoms with Gasteiger partial charge in [0, 0.05) is 30.5 Å². The monoisotopic (exact) mass is 256 g/mol. The van der Waals surface area contributed by atoms with Crippen LogP contribution in [0.3, 0.4) is 0 Å². The summed E-state index contributed by atoms with van der Waals surface area (Å²) in [5, 5.41) is 3.51. The van der Waals surface area contributed by atoms with Crippen LogP contribution in [-0.4, -0.2) is 12.1 Å². The van der Waals surface area contributed by atoms with Gasteiger partial charge in [0.15, 0.2) is 0 Å². The van der Waals surface area contributed by atoms with E-state index in [0.29, 0.717) is 0 Å². The normalized spacial score (nSPS) is 12.2. The Kier molecular flexibility index (Phi) is 4.53. The smallest absolute Gasteiger partial charge is 0.123 e. The van der Waals surface area contributed by atoms with E-state index in [1.54, 1.807) is 7.11 Å². The molecule has 0 aliphatic rings. The first kappa shape index (κ1) is 13.6. The molecule has 1 N–H and O–H groups in total. The predicted molar refractivity (Wildman–Crippen MR) is 77.2 cm³/mol. The van der Waals surface area contributed by atoms with Gasteiger partial charge in [-0.3, -0.25) is 4.98 Å². The molecule has 0 aliphatic heterocycles. The molecule has 100 valence electrons. The van der Waals surface area contributed by atoms with Crippen molar-refractivity contribution < 1.29 is 4.74 Å². The fourth-order valence-corrected chi connectivity index (χ4v) is 2.08. The first-order valence-corrected chi connectivity index (χ1v) is 6.48. The van der Waals surface area contributed by atoms with Gasteiger partial charge >= 0.3 is 0 Å². The zero-order valence-electron chi connectivity index (χ0n) is 11.7. The number of aromatic nitrogens is 1. The highest BCUT2D eigenvalue weighted by molar-refractivity contribution is 5.35. The number of aryl methyl sites for hydroxylation is 1. The molecule has 19 heavy (non-hydrogen) atoms. The Labute approximate surface area is 114 Å². The Morgan fingerprint density at radius 2 is 2.05 bits per heavy atom. The first-order valence-electron chi connectivity index (χ1n) is 6.48. The summed E-state index contributed by atoms with van der Waals surface area (Å²) in [6.07, 6.45) is 3.74. The van der Waals surface area contributed by atoms with E-state index in [4.69, 9.17) is 4.74 Å². The van der Waals surface area contributed by atoms with E-state index in [1.807, 2.05) is 36.7 Å². The minimum absolute atomic E-state index is 0.232. The second-order valence-corrected chi connectivity index (χ2v) is 4.65. The van der Waals surface area contributed by atoms with E-state index in [1.165, 1.54) is 16.7 Å². The van der Waals surface area contributed by atoms with Crippen LogP contribution in [0.25, 0.3) is 0 Å².